The molecule has 0 aliphatic rings. The first-order valence-corrected chi connectivity index (χ1v) is 6.65. The van der Waals surface area contributed by atoms with Gasteiger partial charge in [-0.25, -0.2) is 0 Å². The van der Waals surface area contributed by atoms with Crippen molar-refractivity contribution in [3.63, 3.8) is 0 Å². The van der Waals surface area contributed by atoms with E-state index in [9.17, 15) is 4.79 Å². The van der Waals surface area contributed by atoms with Gasteiger partial charge < -0.3 is 9.88 Å². The Kier molecular flexibility index (Phi) is 3.20. The monoisotopic (exact) mass is 284 g/mol. The van der Waals surface area contributed by atoms with E-state index in [-0.39, 0.29) is 5.91 Å². The third kappa shape index (κ3) is 2.17. The molecule has 1 heterocycles. The van der Waals surface area contributed by atoms with Gasteiger partial charge >= 0.3 is 0 Å². The Morgan fingerprint density at radius 3 is 2.55 bits per heavy atom. The van der Waals surface area contributed by atoms with Crippen LogP contribution in [0.25, 0.3) is 10.9 Å². The van der Waals surface area contributed by atoms with Crippen LogP contribution in [0.5, 0.6) is 0 Å². The fraction of sp³-hybridized carbons (Fsp3) is 0.0625. The van der Waals surface area contributed by atoms with Gasteiger partial charge in [0.15, 0.2) is 0 Å². The molecule has 0 saturated carbocycles. The Balaban J connectivity index is 1.97. The van der Waals surface area contributed by atoms with Gasteiger partial charge in [-0.15, -0.1) is 0 Å². The summed E-state index contributed by atoms with van der Waals surface area (Å²) in [6.45, 7) is 0. The van der Waals surface area contributed by atoms with Crippen LogP contribution in [0.1, 0.15) is 10.5 Å². The normalized spacial score (nSPS) is 10.7. The Bertz CT molecular complexity index is 792. The quantitative estimate of drug-likeness (QED) is 0.756. The summed E-state index contributed by atoms with van der Waals surface area (Å²) in [6, 6.07) is 17.0. The van der Waals surface area contributed by atoms with Gasteiger partial charge in [0.1, 0.15) is 5.69 Å². The number of carbonyl (C=O) groups is 1. The molecule has 3 nitrogen and oxygen atoms in total. The molecule has 0 bridgehead atoms. The van der Waals surface area contributed by atoms with Crippen LogP contribution in [-0.2, 0) is 7.05 Å². The van der Waals surface area contributed by atoms with Crippen molar-refractivity contribution in [3.8, 4) is 0 Å². The molecule has 1 amide bonds. The predicted molar refractivity (Wildman–Crippen MR) is 82.3 cm³/mol. The van der Waals surface area contributed by atoms with Crippen molar-refractivity contribution >= 4 is 34.1 Å². The van der Waals surface area contributed by atoms with Crippen molar-refractivity contribution in [2.45, 2.75) is 0 Å². The van der Waals surface area contributed by atoms with Crippen LogP contribution >= 0.6 is 11.6 Å². The Morgan fingerprint density at radius 1 is 1.10 bits per heavy atom. The van der Waals surface area contributed by atoms with Crippen molar-refractivity contribution < 1.29 is 4.79 Å². The van der Waals surface area contributed by atoms with Gasteiger partial charge in [0.25, 0.3) is 5.91 Å². The molecular weight excluding hydrogens is 272 g/mol. The number of aromatic nitrogens is 1. The number of para-hydroxylation sites is 2. The number of amides is 1. The van der Waals surface area contributed by atoms with Crippen LogP contribution in [-0.4, -0.2) is 10.5 Å². The van der Waals surface area contributed by atoms with E-state index in [1.165, 1.54) is 0 Å². The molecular formula is C16H13ClN2O. The molecule has 0 atom stereocenters. The molecule has 1 N–H and O–H groups in total. The largest absolute Gasteiger partial charge is 0.340 e. The lowest BCUT2D eigenvalue weighted by molar-refractivity contribution is 0.102. The molecule has 0 radical (unpaired) electrons. The summed E-state index contributed by atoms with van der Waals surface area (Å²) in [5.41, 5.74) is 2.24. The first-order valence-electron chi connectivity index (χ1n) is 6.27. The maximum Gasteiger partial charge on any atom is 0.272 e. The van der Waals surface area contributed by atoms with Gasteiger partial charge in [-0.2, -0.15) is 0 Å². The number of nitrogens with zero attached hydrogens (tertiary/aromatic N) is 1. The van der Waals surface area contributed by atoms with Crippen molar-refractivity contribution in [1.29, 1.82) is 0 Å². The van der Waals surface area contributed by atoms with Gasteiger partial charge in [0, 0.05) is 18.0 Å². The maximum atomic E-state index is 12.4. The highest BCUT2D eigenvalue weighted by Gasteiger charge is 2.14. The zero-order valence-corrected chi connectivity index (χ0v) is 11.7. The van der Waals surface area contributed by atoms with E-state index in [1.807, 2.05) is 54.1 Å². The summed E-state index contributed by atoms with van der Waals surface area (Å²) in [5.74, 6) is -0.170. The van der Waals surface area contributed by atoms with Crippen LogP contribution in [0.15, 0.2) is 54.6 Å². The topological polar surface area (TPSA) is 34.0 Å². The van der Waals surface area contributed by atoms with Gasteiger partial charge in [-0.3, -0.25) is 4.79 Å². The number of rotatable bonds is 2. The third-order valence-electron chi connectivity index (χ3n) is 3.31. The highest BCUT2D eigenvalue weighted by molar-refractivity contribution is 6.33. The molecule has 3 aromatic rings. The molecule has 0 fully saturated rings. The second-order valence-corrected chi connectivity index (χ2v) is 4.99. The molecule has 100 valence electrons. The van der Waals surface area contributed by atoms with Gasteiger partial charge in [0.05, 0.1) is 10.7 Å². The third-order valence-corrected chi connectivity index (χ3v) is 3.64. The van der Waals surface area contributed by atoms with E-state index in [1.54, 1.807) is 12.1 Å². The average Bonchev–Trinajstić information content (AvgIpc) is 2.79. The van der Waals surface area contributed by atoms with Crippen molar-refractivity contribution in [2.24, 2.45) is 7.05 Å². The molecule has 3 rings (SSSR count). The first-order chi connectivity index (χ1) is 9.66. The SMILES string of the molecule is Cn1c(C(=O)Nc2ccccc2Cl)cc2ccccc21. The number of halogens is 1. The molecule has 20 heavy (non-hydrogen) atoms. The van der Waals surface area contributed by atoms with E-state index in [4.69, 9.17) is 11.6 Å². The van der Waals surface area contributed by atoms with Crippen LogP contribution in [0, 0.1) is 0 Å². The number of carbonyl (C=O) groups excluding carboxylic acids is 1. The lowest BCUT2D eigenvalue weighted by atomic mass is 10.2. The Labute approximate surface area is 121 Å². The summed E-state index contributed by atoms with van der Waals surface area (Å²) < 4.78 is 1.88. The van der Waals surface area contributed by atoms with Crippen molar-refractivity contribution in [3.05, 3.63) is 65.3 Å². The van der Waals surface area contributed by atoms with Crippen LogP contribution in [0.2, 0.25) is 5.02 Å². The van der Waals surface area contributed by atoms with E-state index < -0.39 is 0 Å². The van der Waals surface area contributed by atoms with Gasteiger partial charge in [-0.05, 0) is 24.3 Å². The molecule has 1 aromatic heterocycles. The summed E-state index contributed by atoms with van der Waals surface area (Å²) in [6.07, 6.45) is 0. The minimum atomic E-state index is -0.170. The van der Waals surface area contributed by atoms with Crippen LogP contribution < -0.4 is 5.32 Å². The van der Waals surface area contributed by atoms with Crippen molar-refractivity contribution in [1.82, 2.24) is 4.57 Å². The minimum Gasteiger partial charge on any atom is -0.340 e. The number of benzene rings is 2. The lowest BCUT2D eigenvalue weighted by Gasteiger charge is -2.07. The number of fused-ring (bicyclic) bond motifs is 1. The first kappa shape index (κ1) is 12.8. The van der Waals surface area contributed by atoms with Gasteiger partial charge in [0.2, 0.25) is 0 Å². The molecule has 2 aromatic carbocycles. The second-order valence-electron chi connectivity index (χ2n) is 4.58. The fourth-order valence-corrected chi connectivity index (χ4v) is 2.44. The molecule has 0 spiro atoms. The Hall–Kier alpha value is -2.26. The molecule has 0 saturated heterocycles. The number of anilines is 1. The van der Waals surface area contributed by atoms with E-state index in [2.05, 4.69) is 5.32 Å². The average molecular weight is 285 g/mol. The fourth-order valence-electron chi connectivity index (χ4n) is 2.26. The van der Waals surface area contributed by atoms with Crippen LogP contribution in [0.3, 0.4) is 0 Å². The van der Waals surface area contributed by atoms with E-state index in [0.29, 0.717) is 16.4 Å². The summed E-state index contributed by atoms with van der Waals surface area (Å²) in [4.78, 5) is 12.4. The smallest absolute Gasteiger partial charge is 0.272 e. The lowest BCUT2D eigenvalue weighted by Crippen LogP contribution is -2.15. The van der Waals surface area contributed by atoms with Gasteiger partial charge in [-0.1, -0.05) is 41.9 Å². The highest BCUT2D eigenvalue weighted by atomic mass is 35.5. The molecule has 0 unspecified atom stereocenters. The standard InChI is InChI=1S/C16H13ClN2O/c1-19-14-9-5-2-6-11(14)10-15(19)16(20)18-13-8-4-3-7-12(13)17/h2-10H,1H3,(H,18,20). The number of aryl methyl sites for hydroxylation is 1. The zero-order chi connectivity index (χ0) is 14.1. The number of hydrogen-bond donors (Lipinski definition) is 1. The zero-order valence-electron chi connectivity index (χ0n) is 10.9. The minimum absolute atomic E-state index is 0.170. The second kappa shape index (κ2) is 5.02. The van der Waals surface area contributed by atoms with Crippen molar-refractivity contribution in [2.75, 3.05) is 5.32 Å². The summed E-state index contributed by atoms with van der Waals surface area (Å²) >= 11 is 6.05. The molecule has 0 aliphatic heterocycles. The highest BCUT2D eigenvalue weighted by Crippen LogP contribution is 2.23. The summed E-state index contributed by atoms with van der Waals surface area (Å²) in [5, 5.41) is 4.41. The van der Waals surface area contributed by atoms with E-state index >= 15 is 0 Å². The number of nitrogens with one attached hydrogen (secondary N) is 1. The predicted octanol–water partition coefficient (Wildman–Crippen LogP) is 4.08. The molecule has 4 heteroatoms. The maximum absolute atomic E-state index is 12.4. The summed E-state index contributed by atoms with van der Waals surface area (Å²) in [7, 11) is 1.88. The Morgan fingerprint density at radius 2 is 1.80 bits per heavy atom. The molecule has 0 aliphatic carbocycles. The van der Waals surface area contributed by atoms with E-state index in [0.717, 1.165) is 10.9 Å². The number of hydrogen-bond acceptors (Lipinski definition) is 1. The van der Waals surface area contributed by atoms with Crippen LogP contribution in [0.4, 0.5) is 5.69 Å².